The van der Waals surface area contributed by atoms with Crippen LogP contribution in [-0.4, -0.2) is 32.8 Å². The van der Waals surface area contributed by atoms with Crippen LogP contribution in [0.2, 0.25) is 0 Å². The van der Waals surface area contributed by atoms with Gasteiger partial charge in [-0.1, -0.05) is 6.07 Å². The molecule has 1 aliphatic carbocycles. The predicted molar refractivity (Wildman–Crippen MR) is 128 cm³/mol. The molecule has 0 radical (unpaired) electrons. The summed E-state index contributed by atoms with van der Waals surface area (Å²) in [5.74, 6) is 0. The largest absolute Gasteiger partial charge is 0.416 e. The summed E-state index contributed by atoms with van der Waals surface area (Å²) in [6, 6.07) is 13.6. The first-order valence-corrected chi connectivity index (χ1v) is 12.5. The Labute approximate surface area is 209 Å². The molecule has 9 nitrogen and oxygen atoms in total. The van der Waals surface area contributed by atoms with E-state index in [9.17, 15) is 26.4 Å². The molecule has 2 heterocycles. The summed E-state index contributed by atoms with van der Waals surface area (Å²) in [6.07, 6.45) is -2.03. The van der Waals surface area contributed by atoms with Gasteiger partial charge in [-0.25, -0.2) is 9.48 Å². The van der Waals surface area contributed by atoms with Gasteiger partial charge in [0.15, 0.2) is 0 Å². The van der Waals surface area contributed by atoms with E-state index in [0.717, 1.165) is 22.8 Å². The van der Waals surface area contributed by atoms with Crippen LogP contribution in [-0.2, 0) is 16.4 Å². The number of halogens is 3. The van der Waals surface area contributed by atoms with Crippen molar-refractivity contribution in [2.45, 2.75) is 32.0 Å². The Morgan fingerprint density at radius 3 is 2.41 bits per heavy atom. The minimum absolute atomic E-state index is 0.0579. The third kappa shape index (κ3) is 4.45. The topological polar surface area (TPSA) is 115 Å². The lowest BCUT2D eigenvalue weighted by atomic mass is 10.2. The number of nitriles is 1. The normalized spacial score (nSPS) is 14.0. The molecule has 190 valence electrons. The molecule has 2 aromatic heterocycles. The Morgan fingerprint density at radius 2 is 1.78 bits per heavy atom. The van der Waals surface area contributed by atoms with Gasteiger partial charge in [0.05, 0.1) is 46.2 Å². The number of nitrogens with one attached hydrogen (secondary N) is 1. The van der Waals surface area contributed by atoms with Gasteiger partial charge in [-0.05, 0) is 68.3 Å². The number of hydrogen-bond acceptors (Lipinski definition) is 5. The molecule has 0 amide bonds. The van der Waals surface area contributed by atoms with Gasteiger partial charge in [0.25, 0.3) is 0 Å². The van der Waals surface area contributed by atoms with Gasteiger partial charge in [0.2, 0.25) is 0 Å². The zero-order chi connectivity index (χ0) is 26.5. The van der Waals surface area contributed by atoms with Crippen LogP contribution in [0.5, 0.6) is 0 Å². The molecule has 13 heteroatoms. The fourth-order valence-electron chi connectivity index (χ4n) is 4.05. The van der Waals surface area contributed by atoms with Crippen molar-refractivity contribution >= 4 is 10.2 Å². The molecule has 5 rings (SSSR count). The number of alkyl halides is 3. The lowest BCUT2D eigenvalue weighted by Crippen LogP contribution is -2.39. The fourth-order valence-corrected chi connectivity index (χ4v) is 5.57. The molecule has 1 fully saturated rings. The highest BCUT2D eigenvalue weighted by Crippen LogP contribution is 2.32. The highest BCUT2D eigenvalue weighted by molar-refractivity contribution is 7.88. The van der Waals surface area contributed by atoms with E-state index in [2.05, 4.69) is 9.82 Å². The maximum absolute atomic E-state index is 13.6. The Kier molecular flexibility index (Phi) is 5.81. The lowest BCUT2D eigenvalue weighted by molar-refractivity contribution is -0.137. The quantitative estimate of drug-likeness (QED) is 0.411. The van der Waals surface area contributed by atoms with E-state index in [1.807, 2.05) is 6.07 Å². The maximum atomic E-state index is 13.6. The molecule has 0 atom stereocenters. The molecule has 0 unspecified atom stereocenters. The van der Waals surface area contributed by atoms with Gasteiger partial charge in [-0.3, -0.25) is 4.57 Å². The smallest absolute Gasteiger partial charge is 0.264 e. The highest BCUT2D eigenvalue weighted by Gasteiger charge is 2.35. The first-order valence-electron chi connectivity index (χ1n) is 11.1. The first kappa shape index (κ1) is 24.5. The van der Waals surface area contributed by atoms with Gasteiger partial charge >= 0.3 is 22.1 Å². The van der Waals surface area contributed by atoms with Crippen LogP contribution >= 0.6 is 0 Å². The molecule has 4 aromatic rings. The summed E-state index contributed by atoms with van der Waals surface area (Å²) >= 11 is 0. The molecule has 0 saturated heterocycles. The van der Waals surface area contributed by atoms with Crippen LogP contribution in [0.15, 0.2) is 65.6 Å². The van der Waals surface area contributed by atoms with E-state index >= 15 is 0 Å². The average molecular weight is 529 g/mol. The number of hydrogen-bond donors (Lipinski definition) is 1. The van der Waals surface area contributed by atoms with Crippen molar-refractivity contribution in [3.8, 4) is 28.8 Å². The van der Waals surface area contributed by atoms with Crippen molar-refractivity contribution < 1.29 is 21.6 Å². The van der Waals surface area contributed by atoms with E-state index in [4.69, 9.17) is 5.26 Å². The molecule has 1 aliphatic rings. The van der Waals surface area contributed by atoms with Crippen molar-refractivity contribution in [2.75, 3.05) is 0 Å². The predicted octanol–water partition coefficient (Wildman–Crippen LogP) is 3.54. The SMILES string of the molecule is Cc1c(-c2ccnn2-c2ccc(C#N)cc2)n(S(=O)(=O)NC2CC2)c(=O)n1-c1cccc(C(F)(F)F)c1. The third-order valence-corrected chi connectivity index (χ3v) is 7.39. The van der Waals surface area contributed by atoms with Crippen LogP contribution in [0.1, 0.15) is 29.7 Å². The molecule has 0 spiro atoms. The number of rotatable bonds is 6. The van der Waals surface area contributed by atoms with E-state index in [1.54, 1.807) is 24.3 Å². The Morgan fingerprint density at radius 1 is 1.08 bits per heavy atom. The second-order valence-corrected chi connectivity index (χ2v) is 10.1. The molecule has 2 aromatic carbocycles. The average Bonchev–Trinajstić information content (AvgIpc) is 3.44. The molecular formula is C24H19F3N6O3S. The zero-order valence-corrected chi connectivity index (χ0v) is 20.1. The standard InChI is InChI=1S/C24H19F3N6O3S/c1-15-22(21-11-12-29-32(21)19-9-5-16(14-28)6-10-19)33(37(35,36)30-18-7-8-18)23(34)31(15)20-4-2-3-17(13-20)24(25,26)27/h2-6,9-13,18,30H,7-8H2,1H3. The van der Waals surface area contributed by atoms with Gasteiger partial charge in [-0.2, -0.15) is 40.6 Å². The Bertz CT molecular complexity index is 1710. The summed E-state index contributed by atoms with van der Waals surface area (Å²) in [6.45, 7) is 1.45. The minimum atomic E-state index is -4.66. The molecule has 0 aliphatic heterocycles. The molecule has 0 bridgehead atoms. The van der Waals surface area contributed by atoms with Gasteiger partial charge in [0, 0.05) is 6.04 Å². The summed E-state index contributed by atoms with van der Waals surface area (Å²) in [4.78, 5) is 13.6. The second kappa shape index (κ2) is 8.75. The zero-order valence-electron chi connectivity index (χ0n) is 19.3. The van der Waals surface area contributed by atoms with E-state index < -0.39 is 27.6 Å². The van der Waals surface area contributed by atoms with E-state index in [1.165, 1.54) is 29.9 Å². The van der Waals surface area contributed by atoms with Crippen molar-refractivity contribution in [3.05, 3.63) is 88.1 Å². The van der Waals surface area contributed by atoms with E-state index in [0.29, 0.717) is 28.1 Å². The summed E-state index contributed by atoms with van der Waals surface area (Å²) in [5.41, 5.74) is -1.03. The van der Waals surface area contributed by atoms with Crippen LogP contribution in [0.25, 0.3) is 22.8 Å². The van der Waals surface area contributed by atoms with Crippen molar-refractivity contribution in [2.24, 2.45) is 0 Å². The summed E-state index contributed by atoms with van der Waals surface area (Å²) in [5, 5.41) is 13.3. The minimum Gasteiger partial charge on any atom is -0.264 e. The van der Waals surface area contributed by atoms with Crippen LogP contribution in [0.4, 0.5) is 13.2 Å². The van der Waals surface area contributed by atoms with Crippen molar-refractivity contribution in [3.63, 3.8) is 0 Å². The number of imidazole rings is 1. The van der Waals surface area contributed by atoms with Gasteiger partial charge in [-0.15, -0.1) is 0 Å². The van der Waals surface area contributed by atoms with Crippen LogP contribution < -0.4 is 10.4 Å². The second-order valence-electron chi connectivity index (χ2n) is 8.55. The molecule has 37 heavy (non-hydrogen) atoms. The van der Waals surface area contributed by atoms with Gasteiger partial charge in [0.1, 0.15) is 5.69 Å². The van der Waals surface area contributed by atoms with Crippen LogP contribution in [0, 0.1) is 18.3 Å². The molecular weight excluding hydrogens is 509 g/mol. The maximum Gasteiger partial charge on any atom is 0.416 e. The van der Waals surface area contributed by atoms with Crippen molar-refractivity contribution in [1.82, 2.24) is 23.0 Å². The molecule has 1 N–H and O–H groups in total. The number of benzene rings is 2. The monoisotopic (exact) mass is 528 g/mol. The first-order chi connectivity index (χ1) is 17.5. The fraction of sp³-hybridized carbons (Fsp3) is 0.208. The molecule has 1 saturated carbocycles. The number of nitrogens with zero attached hydrogens (tertiary/aromatic N) is 5. The summed E-state index contributed by atoms with van der Waals surface area (Å²) < 4.78 is 72.3. The van der Waals surface area contributed by atoms with Gasteiger partial charge < -0.3 is 0 Å². The summed E-state index contributed by atoms with van der Waals surface area (Å²) in [7, 11) is -4.42. The van der Waals surface area contributed by atoms with Crippen molar-refractivity contribution in [1.29, 1.82) is 5.26 Å². The highest BCUT2D eigenvalue weighted by atomic mass is 32.2. The Hall–Kier alpha value is -4.15. The van der Waals surface area contributed by atoms with Crippen LogP contribution in [0.3, 0.4) is 0 Å². The van der Waals surface area contributed by atoms with E-state index in [-0.39, 0.29) is 28.8 Å². The third-order valence-electron chi connectivity index (χ3n) is 5.94. The number of aromatic nitrogens is 4. The Balaban J connectivity index is 1.77. The lowest BCUT2D eigenvalue weighted by Gasteiger charge is -2.12.